The summed E-state index contributed by atoms with van der Waals surface area (Å²) in [5, 5.41) is 14.5. The Kier molecular flexibility index (Phi) is 5.11. The number of benzene rings is 1. The van der Waals surface area contributed by atoms with Crippen LogP contribution in [0.3, 0.4) is 0 Å². The van der Waals surface area contributed by atoms with Crippen LogP contribution in [0, 0.1) is 11.6 Å². The van der Waals surface area contributed by atoms with Crippen LogP contribution in [0.5, 0.6) is 0 Å². The molecule has 2 aromatic rings. The smallest absolute Gasteiger partial charge is 0.159 e. The van der Waals surface area contributed by atoms with E-state index in [1.54, 1.807) is 4.68 Å². The van der Waals surface area contributed by atoms with Gasteiger partial charge in [-0.05, 0) is 46.5 Å². The summed E-state index contributed by atoms with van der Waals surface area (Å²) in [6, 6.07) is 3.68. The number of nitrogens with zero attached hydrogens (tertiary/aromatic N) is 2. The second kappa shape index (κ2) is 6.66. The third-order valence-electron chi connectivity index (χ3n) is 3.39. The standard InChI is InChI=1S/C15H17BrF2N2O/c1-3-13-15(16)14(20(2)19-13)8-10(21)6-9-4-5-11(17)12(18)7-9/h4-5,7,10,21H,3,6,8H2,1-2H3. The van der Waals surface area contributed by atoms with Gasteiger partial charge in [0.25, 0.3) is 0 Å². The monoisotopic (exact) mass is 358 g/mol. The lowest BCUT2D eigenvalue weighted by molar-refractivity contribution is 0.172. The summed E-state index contributed by atoms with van der Waals surface area (Å²) < 4.78 is 28.7. The van der Waals surface area contributed by atoms with Crippen LogP contribution < -0.4 is 0 Å². The zero-order valence-corrected chi connectivity index (χ0v) is 13.5. The Labute approximate surface area is 130 Å². The molecule has 3 nitrogen and oxygen atoms in total. The van der Waals surface area contributed by atoms with Gasteiger partial charge in [0.15, 0.2) is 11.6 Å². The maximum absolute atomic E-state index is 13.2. The van der Waals surface area contributed by atoms with E-state index in [0.29, 0.717) is 12.0 Å². The van der Waals surface area contributed by atoms with E-state index in [1.165, 1.54) is 6.07 Å². The Morgan fingerprint density at radius 1 is 1.29 bits per heavy atom. The number of aliphatic hydroxyl groups excluding tert-OH is 1. The lowest BCUT2D eigenvalue weighted by Crippen LogP contribution is -2.16. The molecule has 0 spiro atoms. The maximum Gasteiger partial charge on any atom is 0.159 e. The quantitative estimate of drug-likeness (QED) is 0.891. The third-order valence-corrected chi connectivity index (χ3v) is 4.30. The number of aryl methyl sites for hydroxylation is 2. The summed E-state index contributed by atoms with van der Waals surface area (Å²) in [5.41, 5.74) is 2.39. The fourth-order valence-electron chi connectivity index (χ4n) is 2.28. The minimum Gasteiger partial charge on any atom is -0.392 e. The van der Waals surface area contributed by atoms with Crippen LogP contribution in [0.25, 0.3) is 0 Å². The zero-order chi connectivity index (χ0) is 15.6. The number of rotatable bonds is 5. The first-order chi connectivity index (χ1) is 9.92. The first-order valence-corrected chi connectivity index (χ1v) is 7.53. The third kappa shape index (κ3) is 3.68. The molecule has 0 aliphatic rings. The van der Waals surface area contributed by atoms with Gasteiger partial charge in [-0.3, -0.25) is 4.68 Å². The van der Waals surface area contributed by atoms with E-state index in [1.807, 2.05) is 14.0 Å². The topological polar surface area (TPSA) is 38.0 Å². The van der Waals surface area contributed by atoms with E-state index in [2.05, 4.69) is 21.0 Å². The molecule has 6 heteroatoms. The molecule has 1 atom stereocenters. The second-order valence-corrected chi connectivity index (χ2v) is 5.79. The highest BCUT2D eigenvalue weighted by atomic mass is 79.9. The van der Waals surface area contributed by atoms with E-state index in [0.717, 1.165) is 34.4 Å². The van der Waals surface area contributed by atoms with Crippen molar-refractivity contribution in [3.8, 4) is 0 Å². The number of hydrogen-bond acceptors (Lipinski definition) is 2. The summed E-state index contributed by atoms with van der Waals surface area (Å²) in [5.74, 6) is -1.77. The fourth-order valence-corrected chi connectivity index (χ4v) is 3.05. The lowest BCUT2D eigenvalue weighted by Gasteiger charge is -2.11. The van der Waals surface area contributed by atoms with Gasteiger partial charge < -0.3 is 5.11 Å². The highest BCUT2D eigenvalue weighted by Gasteiger charge is 2.17. The molecule has 1 heterocycles. The van der Waals surface area contributed by atoms with Crippen molar-refractivity contribution in [2.75, 3.05) is 0 Å². The molecule has 1 aromatic carbocycles. The van der Waals surface area contributed by atoms with E-state index in [4.69, 9.17) is 0 Å². The Bertz CT molecular complexity index is 643. The van der Waals surface area contributed by atoms with Gasteiger partial charge in [-0.25, -0.2) is 8.78 Å². The van der Waals surface area contributed by atoms with Crippen molar-refractivity contribution in [3.05, 3.63) is 51.3 Å². The van der Waals surface area contributed by atoms with Gasteiger partial charge >= 0.3 is 0 Å². The SMILES string of the molecule is CCc1nn(C)c(CC(O)Cc2ccc(F)c(F)c2)c1Br. The summed E-state index contributed by atoms with van der Waals surface area (Å²) in [6.45, 7) is 2.01. The molecule has 1 N–H and O–H groups in total. The zero-order valence-electron chi connectivity index (χ0n) is 11.9. The van der Waals surface area contributed by atoms with Crippen LogP contribution in [-0.4, -0.2) is 21.0 Å². The maximum atomic E-state index is 13.2. The van der Waals surface area contributed by atoms with Crippen LogP contribution in [0.2, 0.25) is 0 Å². The first-order valence-electron chi connectivity index (χ1n) is 6.74. The Balaban J connectivity index is 2.09. The van der Waals surface area contributed by atoms with Crippen LogP contribution in [0.15, 0.2) is 22.7 Å². The highest BCUT2D eigenvalue weighted by molar-refractivity contribution is 9.10. The molecule has 0 aliphatic heterocycles. The average Bonchev–Trinajstić information content (AvgIpc) is 2.70. The molecular weight excluding hydrogens is 342 g/mol. The van der Waals surface area contributed by atoms with Crippen LogP contribution in [0.1, 0.15) is 23.9 Å². The minimum absolute atomic E-state index is 0.260. The first kappa shape index (κ1) is 16.1. The van der Waals surface area contributed by atoms with Crippen LogP contribution in [-0.2, 0) is 26.3 Å². The molecule has 1 aromatic heterocycles. The summed E-state index contributed by atoms with van der Waals surface area (Å²) in [4.78, 5) is 0. The molecule has 21 heavy (non-hydrogen) atoms. The molecule has 0 bridgehead atoms. The molecule has 2 rings (SSSR count). The molecular formula is C15H17BrF2N2O. The summed E-state index contributed by atoms with van der Waals surface area (Å²) >= 11 is 3.49. The normalized spacial score (nSPS) is 12.7. The Hall–Kier alpha value is -1.27. The van der Waals surface area contributed by atoms with Crippen molar-refractivity contribution in [2.24, 2.45) is 7.05 Å². The summed E-state index contributed by atoms with van der Waals surface area (Å²) in [7, 11) is 1.82. The molecule has 0 radical (unpaired) electrons. The number of hydrogen-bond donors (Lipinski definition) is 1. The minimum atomic E-state index is -0.894. The predicted molar refractivity (Wildman–Crippen MR) is 80.1 cm³/mol. The highest BCUT2D eigenvalue weighted by Crippen LogP contribution is 2.23. The van der Waals surface area contributed by atoms with Gasteiger partial charge in [0.1, 0.15) is 0 Å². The number of halogens is 3. The van der Waals surface area contributed by atoms with Gasteiger partial charge in [0, 0.05) is 13.5 Å². The Morgan fingerprint density at radius 2 is 2.00 bits per heavy atom. The fraction of sp³-hybridized carbons (Fsp3) is 0.400. The van der Waals surface area contributed by atoms with Crippen LogP contribution >= 0.6 is 15.9 Å². The van der Waals surface area contributed by atoms with Crippen molar-refractivity contribution in [1.82, 2.24) is 9.78 Å². The largest absolute Gasteiger partial charge is 0.392 e. The van der Waals surface area contributed by atoms with E-state index in [-0.39, 0.29) is 6.42 Å². The van der Waals surface area contributed by atoms with Crippen LogP contribution in [0.4, 0.5) is 8.78 Å². The Morgan fingerprint density at radius 3 is 2.57 bits per heavy atom. The molecule has 114 valence electrons. The molecule has 0 fully saturated rings. The van der Waals surface area contributed by atoms with Crippen molar-refractivity contribution >= 4 is 15.9 Å². The lowest BCUT2D eigenvalue weighted by atomic mass is 10.0. The molecule has 0 aliphatic carbocycles. The summed E-state index contributed by atoms with van der Waals surface area (Å²) in [6.07, 6.45) is 0.763. The van der Waals surface area contributed by atoms with Crippen molar-refractivity contribution in [1.29, 1.82) is 0 Å². The van der Waals surface area contributed by atoms with Gasteiger partial charge in [0.2, 0.25) is 0 Å². The average molecular weight is 359 g/mol. The molecule has 0 saturated carbocycles. The van der Waals surface area contributed by atoms with Gasteiger partial charge in [-0.15, -0.1) is 0 Å². The molecule has 1 unspecified atom stereocenters. The second-order valence-electron chi connectivity index (χ2n) is 5.00. The molecule has 0 amide bonds. The number of aliphatic hydroxyl groups is 1. The number of aromatic nitrogens is 2. The van der Waals surface area contributed by atoms with Crippen molar-refractivity contribution in [2.45, 2.75) is 32.3 Å². The van der Waals surface area contributed by atoms with E-state index in [9.17, 15) is 13.9 Å². The van der Waals surface area contributed by atoms with Crippen molar-refractivity contribution < 1.29 is 13.9 Å². The van der Waals surface area contributed by atoms with Gasteiger partial charge in [0.05, 0.1) is 22.0 Å². The van der Waals surface area contributed by atoms with Gasteiger partial charge in [-0.2, -0.15) is 5.10 Å². The van der Waals surface area contributed by atoms with E-state index >= 15 is 0 Å². The van der Waals surface area contributed by atoms with Gasteiger partial charge in [-0.1, -0.05) is 13.0 Å². The predicted octanol–water partition coefficient (Wildman–Crippen LogP) is 3.17. The molecule has 0 saturated heterocycles. The van der Waals surface area contributed by atoms with Crippen molar-refractivity contribution in [3.63, 3.8) is 0 Å². The van der Waals surface area contributed by atoms with E-state index < -0.39 is 17.7 Å².